The molecule has 60 valence electrons. The van der Waals surface area contributed by atoms with E-state index in [1.165, 1.54) is 0 Å². The van der Waals surface area contributed by atoms with Gasteiger partial charge in [0, 0.05) is 17.4 Å². The third-order valence-electron chi connectivity index (χ3n) is 1.79. The Labute approximate surface area is 66.0 Å². The molecule has 0 aliphatic carbocycles. The van der Waals surface area contributed by atoms with Gasteiger partial charge in [-0.2, -0.15) is 11.8 Å². The molecule has 1 unspecified atom stereocenters. The van der Waals surface area contributed by atoms with E-state index in [0.29, 0.717) is 12.4 Å². The predicted octanol–water partition coefficient (Wildman–Crippen LogP) is 1.09. The highest BCUT2D eigenvalue weighted by Gasteiger charge is 2.34. The summed E-state index contributed by atoms with van der Waals surface area (Å²) in [5.41, 5.74) is 0. The van der Waals surface area contributed by atoms with Crippen LogP contribution in [0.3, 0.4) is 0 Å². The summed E-state index contributed by atoms with van der Waals surface area (Å²) in [4.78, 5) is 0. The Morgan fingerprint density at radius 1 is 1.60 bits per heavy atom. The van der Waals surface area contributed by atoms with Crippen LogP contribution in [0.1, 0.15) is 13.8 Å². The normalized spacial score (nSPS) is 34.8. The first-order chi connectivity index (χ1) is 4.65. The van der Waals surface area contributed by atoms with Crippen LogP contribution in [-0.2, 0) is 4.74 Å². The van der Waals surface area contributed by atoms with Gasteiger partial charge in [-0.1, -0.05) is 13.8 Å². The Morgan fingerprint density at radius 2 is 2.30 bits per heavy atom. The highest BCUT2D eigenvalue weighted by molar-refractivity contribution is 7.99. The zero-order valence-corrected chi connectivity index (χ0v) is 7.28. The molecule has 3 heteroatoms. The maximum Gasteiger partial charge on any atom is 0.176 e. The van der Waals surface area contributed by atoms with Gasteiger partial charge >= 0.3 is 0 Å². The van der Waals surface area contributed by atoms with Crippen LogP contribution in [0.15, 0.2) is 0 Å². The van der Waals surface area contributed by atoms with E-state index in [4.69, 9.17) is 4.74 Å². The molecule has 1 fully saturated rings. The largest absolute Gasteiger partial charge is 0.365 e. The second kappa shape index (κ2) is 3.11. The molecule has 1 N–H and O–H groups in total. The van der Waals surface area contributed by atoms with Crippen LogP contribution in [-0.4, -0.2) is 29.0 Å². The number of aliphatic hydroxyl groups is 1. The van der Waals surface area contributed by atoms with Crippen molar-refractivity contribution in [2.24, 2.45) is 5.92 Å². The summed E-state index contributed by atoms with van der Waals surface area (Å²) < 4.78 is 5.26. The maximum atomic E-state index is 9.71. The fraction of sp³-hybridized carbons (Fsp3) is 1.00. The number of hydrogen-bond donors (Lipinski definition) is 1. The van der Waals surface area contributed by atoms with Crippen LogP contribution in [0, 0.1) is 5.92 Å². The Balaban J connectivity index is 2.48. The van der Waals surface area contributed by atoms with Crippen LogP contribution >= 0.6 is 11.8 Å². The molecule has 0 aromatic rings. The van der Waals surface area contributed by atoms with E-state index in [9.17, 15) is 5.11 Å². The van der Waals surface area contributed by atoms with Crippen molar-refractivity contribution in [1.29, 1.82) is 0 Å². The van der Waals surface area contributed by atoms with Crippen molar-refractivity contribution in [3.05, 3.63) is 0 Å². The van der Waals surface area contributed by atoms with Crippen molar-refractivity contribution in [2.45, 2.75) is 19.6 Å². The zero-order valence-electron chi connectivity index (χ0n) is 6.46. The molecule has 1 saturated heterocycles. The number of ether oxygens (including phenoxy) is 1. The van der Waals surface area contributed by atoms with Crippen molar-refractivity contribution in [2.75, 3.05) is 18.1 Å². The minimum absolute atomic E-state index is 0.195. The summed E-state index contributed by atoms with van der Waals surface area (Å²) in [6, 6.07) is 0. The van der Waals surface area contributed by atoms with E-state index >= 15 is 0 Å². The van der Waals surface area contributed by atoms with Gasteiger partial charge in [-0.05, 0) is 0 Å². The lowest BCUT2D eigenvalue weighted by Gasteiger charge is -2.34. The molecule has 0 bridgehead atoms. The first kappa shape index (κ1) is 8.37. The van der Waals surface area contributed by atoms with E-state index in [1.807, 2.05) is 13.8 Å². The quantitative estimate of drug-likeness (QED) is 0.626. The highest BCUT2D eigenvalue weighted by atomic mass is 32.2. The minimum atomic E-state index is -0.858. The summed E-state index contributed by atoms with van der Waals surface area (Å²) in [5.74, 6) is 1.06. The second-order valence-corrected chi connectivity index (χ2v) is 4.01. The Bertz CT molecular complexity index is 108. The molecule has 1 rings (SSSR count). The monoisotopic (exact) mass is 162 g/mol. The summed E-state index contributed by atoms with van der Waals surface area (Å²) in [6.07, 6.45) is 0. The third kappa shape index (κ3) is 1.65. The van der Waals surface area contributed by atoms with E-state index < -0.39 is 5.79 Å². The van der Waals surface area contributed by atoms with Gasteiger partial charge in [-0.3, -0.25) is 0 Å². The van der Waals surface area contributed by atoms with Crippen LogP contribution in [0.4, 0.5) is 0 Å². The van der Waals surface area contributed by atoms with Crippen LogP contribution in [0.5, 0.6) is 0 Å². The van der Waals surface area contributed by atoms with Gasteiger partial charge in [0.05, 0.1) is 6.61 Å². The lowest BCUT2D eigenvalue weighted by Crippen LogP contribution is -2.44. The van der Waals surface area contributed by atoms with Gasteiger partial charge in [0.2, 0.25) is 0 Å². The zero-order chi connectivity index (χ0) is 7.61. The molecule has 0 aromatic heterocycles. The lowest BCUT2D eigenvalue weighted by molar-refractivity contribution is -0.213. The summed E-state index contributed by atoms with van der Waals surface area (Å²) >= 11 is 1.76. The van der Waals surface area contributed by atoms with Gasteiger partial charge < -0.3 is 9.84 Å². The molecule has 10 heavy (non-hydrogen) atoms. The molecule has 1 atom stereocenters. The maximum absolute atomic E-state index is 9.71. The Morgan fingerprint density at radius 3 is 2.60 bits per heavy atom. The van der Waals surface area contributed by atoms with Gasteiger partial charge in [0.15, 0.2) is 5.79 Å². The van der Waals surface area contributed by atoms with Gasteiger partial charge in [0.25, 0.3) is 0 Å². The molecule has 0 radical (unpaired) electrons. The average Bonchev–Trinajstić information content (AvgIpc) is 1.89. The molecule has 0 aromatic carbocycles. The minimum Gasteiger partial charge on any atom is -0.365 e. The summed E-state index contributed by atoms with van der Waals surface area (Å²) in [5, 5.41) is 9.71. The molecule has 1 aliphatic rings. The van der Waals surface area contributed by atoms with Crippen LogP contribution in [0.25, 0.3) is 0 Å². The average molecular weight is 162 g/mol. The van der Waals surface area contributed by atoms with E-state index in [1.54, 1.807) is 11.8 Å². The number of rotatable bonds is 1. The SMILES string of the molecule is CC(C)C1(O)CSCCO1. The number of thioether (sulfide) groups is 1. The van der Waals surface area contributed by atoms with Crippen molar-refractivity contribution in [1.82, 2.24) is 0 Å². The van der Waals surface area contributed by atoms with Crippen molar-refractivity contribution in [3.63, 3.8) is 0 Å². The molecule has 1 heterocycles. The molecular formula is C7H14O2S. The van der Waals surface area contributed by atoms with E-state index in [0.717, 1.165) is 5.75 Å². The van der Waals surface area contributed by atoms with Crippen molar-refractivity contribution >= 4 is 11.8 Å². The van der Waals surface area contributed by atoms with Gasteiger partial charge in [-0.15, -0.1) is 0 Å². The first-order valence-electron chi connectivity index (χ1n) is 3.59. The van der Waals surface area contributed by atoms with E-state index in [2.05, 4.69) is 0 Å². The molecule has 0 saturated carbocycles. The van der Waals surface area contributed by atoms with Crippen molar-refractivity contribution < 1.29 is 9.84 Å². The first-order valence-corrected chi connectivity index (χ1v) is 4.75. The highest BCUT2D eigenvalue weighted by Crippen LogP contribution is 2.27. The molecule has 1 aliphatic heterocycles. The Kier molecular flexibility index (Phi) is 2.61. The summed E-state index contributed by atoms with van der Waals surface area (Å²) in [7, 11) is 0. The van der Waals surface area contributed by atoms with Crippen molar-refractivity contribution in [3.8, 4) is 0 Å². The molecule has 2 nitrogen and oxygen atoms in total. The number of hydrogen-bond acceptors (Lipinski definition) is 3. The van der Waals surface area contributed by atoms with Gasteiger partial charge in [0.1, 0.15) is 0 Å². The molecule has 0 amide bonds. The summed E-state index contributed by atoms with van der Waals surface area (Å²) in [6.45, 7) is 4.64. The second-order valence-electron chi connectivity index (χ2n) is 2.90. The smallest absolute Gasteiger partial charge is 0.176 e. The van der Waals surface area contributed by atoms with Gasteiger partial charge in [-0.25, -0.2) is 0 Å². The Hall–Kier alpha value is 0.270. The topological polar surface area (TPSA) is 29.5 Å². The molecular weight excluding hydrogens is 148 g/mol. The predicted molar refractivity (Wildman–Crippen MR) is 43.1 cm³/mol. The van der Waals surface area contributed by atoms with Crippen LogP contribution in [0.2, 0.25) is 0 Å². The fourth-order valence-corrected chi connectivity index (χ4v) is 1.93. The lowest BCUT2D eigenvalue weighted by atomic mass is 10.1. The third-order valence-corrected chi connectivity index (χ3v) is 2.86. The van der Waals surface area contributed by atoms with Crippen LogP contribution < -0.4 is 0 Å². The molecule has 0 spiro atoms. The van der Waals surface area contributed by atoms with E-state index in [-0.39, 0.29) is 5.92 Å². The fourth-order valence-electron chi connectivity index (χ4n) is 0.871. The standard InChI is InChI=1S/C7H14O2S/c1-6(2)7(8)5-10-4-3-9-7/h6,8H,3-5H2,1-2H3.